The molecule has 2 fully saturated rings. The molecule has 11 heavy (non-hydrogen) atoms. The predicted molar refractivity (Wildman–Crippen MR) is 33.8 cm³/mol. The minimum Gasteiger partial charge on any atom is -0.459 e. The summed E-state index contributed by atoms with van der Waals surface area (Å²) in [5, 5.41) is 0. The van der Waals surface area contributed by atoms with Crippen LogP contribution in [-0.2, 0) is 19.1 Å². The first-order valence-electron chi connectivity index (χ1n) is 3.60. The van der Waals surface area contributed by atoms with E-state index in [2.05, 4.69) is 0 Å². The number of fused-ring (bicyclic) bond motifs is 1. The van der Waals surface area contributed by atoms with Crippen molar-refractivity contribution in [2.75, 3.05) is 0 Å². The van der Waals surface area contributed by atoms with Gasteiger partial charge in [-0.3, -0.25) is 4.79 Å². The molecule has 0 radical (unpaired) electrons. The van der Waals surface area contributed by atoms with Crippen molar-refractivity contribution in [3.05, 3.63) is 0 Å². The standard InChI is InChI=1S/C7H8O4/c8-3-4-1-5-6(10-4)2-7(9)11-5/h3-6H,1-2H2/t4-,5-,6-/m1/s1. The Balaban J connectivity index is 2.03. The van der Waals surface area contributed by atoms with E-state index in [0.717, 1.165) is 6.29 Å². The lowest BCUT2D eigenvalue weighted by Crippen LogP contribution is -2.13. The SMILES string of the molecule is O=C[C@H]1C[C@H]2OC(=O)C[C@H]2O1. The molecule has 3 atom stereocenters. The maximum absolute atomic E-state index is 10.7. The molecule has 0 aliphatic carbocycles. The fraction of sp³-hybridized carbons (Fsp3) is 0.714. The smallest absolute Gasteiger partial charge is 0.308 e. The Bertz CT molecular complexity index is 185. The van der Waals surface area contributed by atoms with Gasteiger partial charge in [0, 0.05) is 6.42 Å². The van der Waals surface area contributed by atoms with Gasteiger partial charge >= 0.3 is 5.97 Å². The van der Waals surface area contributed by atoms with Gasteiger partial charge in [0.2, 0.25) is 0 Å². The fourth-order valence-corrected chi connectivity index (χ4v) is 1.52. The first-order chi connectivity index (χ1) is 5.29. The Morgan fingerprint density at radius 1 is 1.45 bits per heavy atom. The molecule has 0 aromatic heterocycles. The molecule has 0 aromatic rings. The lowest BCUT2D eigenvalue weighted by Gasteiger charge is -2.02. The van der Waals surface area contributed by atoms with Gasteiger partial charge < -0.3 is 14.3 Å². The van der Waals surface area contributed by atoms with Crippen LogP contribution in [0.25, 0.3) is 0 Å². The van der Waals surface area contributed by atoms with Crippen molar-refractivity contribution in [2.24, 2.45) is 0 Å². The molecule has 0 N–H and O–H groups in total. The van der Waals surface area contributed by atoms with Crippen LogP contribution >= 0.6 is 0 Å². The van der Waals surface area contributed by atoms with E-state index in [1.54, 1.807) is 0 Å². The molecule has 4 heteroatoms. The van der Waals surface area contributed by atoms with Crippen molar-refractivity contribution in [1.82, 2.24) is 0 Å². The zero-order valence-corrected chi connectivity index (χ0v) is 5.86. The second-order valence-corrected chi connectivity index (χ2v) is 2.82. The molecule has 0 amide bonds. The lowest BCUT2D eigenvalue weighted by atomic mass is 10.1. The molecule has 0 saturated carbocycles. The highest BCUT2D eigenvalue weighted by Gasteiger charge is 2.43. The maximum atomic E-state index is 10.7. The van der Waals surface area contributed by atoms with Crippen molar-refractivity contribution in [3.63, 3.8) is 0 Å². The Labute approximate surface area is 63.5 Å². The number of hydrogen-bond donors (Lipinski definition) is 0. The molecule has 2 saturated heterocycles. The highest BCUT2D eigenvalue weighted by molar-refractivity contribution is 5.73. The van der Waals surface area contributed by atoms with Crippen molar-refractivity contribution >= 4 is 12.3 Å². The van der Waals surface area contributed by atoms with Gasteiger partial charge in [0.15, 0.2) is 0 Å². The molecule has 60 valence electrons. The van der Waals surface area contributed by atoms with Crippen molar-refractivity contribution < 1.29 is 19.1 Å². The molecule has 0 spiro atoms. The molecule has 0 unspecified atom stereocenters. The second kappa shape index (κ2) is 2.30. The van der Waals surface area contributed by atoms with Gasteiger partial charge in [-0.25, -0.2) is 0 Å². The topological polar surface area (TPSA) is 52.6 Å². The molecule has 2 rings (SSSR count). The average molecular weight is 156 g/mol. The van der Waals surface area contributed by atoms with E-state index in [-0.39, 0.29) is 24.3 Å². The number of hydrogen-bond acceptors (Lipinski definition) is 4. The zero-order valence-electron chi connectivity index (χ0n) is 5.86. The molecular formula is C7H8O4. The van der Waals surface area contributed by atoms with Crippen LogP contribution in [0, 0.1) is 0 Å². The highest BCUT2D eigenvalue weighted by atomic mass is 16.6. The number of aldehydes is 1. The van der Waals surface area contributed by atoms with Crippen LogP contribution in [0.3, 0.4) is 0 Å². The Morgan fingerprint density at radius 2 is 2.27 bits per heavy atom. The first kappa shape index (κ1) is 6.79. The number of ether oxygens (including phenoxy) is 2. The molecule has 2 aliphatic heterocycles. The van der Waals surface area contributed by atoms with Crippen molar-refractivity contribution in [1.29, 1.82) is 0 Å². The van der Waals surface area contributed by atoms with Crippen molar-refractivity contribution in [3.8, 4) is 0 Å². The number of esters is 1. The summed E-state index contributed by atoms with van der Waals surface area (Å²) in [6, 6.07) is 0. The number of rotatable bonds is 1. The molecule has 0 aromatic carbocycles. The highest BCUT2D eigenvalue weighted by Crippen LogP contribution is 2.30. The molecule has 4 nitrogen and oxygen atoms in total. The third-order valence-electron chi connectivity index (χ3n) is 2.03. The van der Waals surface area contributed by atoms with E-state index in [0.29, 0.717) is 12.8 Å². The summed E-state index contributed by atoms with van der Waals surface area (Å²) in [5.41, 5.74) is 0. The monoisotopic (exact) mass is 156 g/mol. The molecule has 2 heterocycles. The van der Waals surface area contributed by atoms with E-state index < -0.39 is 0 Å². The van der Waals surface area contributed by atoms with Crippen LogP contribution in [0.2, 0.25) is 0 Å². The van der Waals surface area contributed by atoms with Gasteiger partial charge in [0.25, 0.3) is 0 Å². The van der Waals surface area contributed by atoms with E-state index in [1.165, 1.54) is 0 Å². The summed E-state index contributed by atoms with van der Waals surface area (Å²) < 4.78 is 10.1. The van der Waals surface area contributed by atoms with Gasteiger partial charge in [-0.2, -0.15) is 0 Å². The van der Waals surface area contributed by atoms with E-state index in [9.17, 15) is 9.59 Å². The normalized spacial score (nSPS) is 41.8. The molecule has 2 aliphatic rings. The van der Waals surface area contributed by atoms with Gasteiger partial charge in [0.05, 0.1) is 6.42 Å². The van der Waals surface area contributed by atoms with E-state index in [4.69, 9.17) is 9.47 Å². The van der Waals surface area contributed by atoms with E-state index in [1.807, 2.05) is 0 Å². The number of carbonyl (C=O) groups excluding carboxylic acids is 2. The summed E-state index contributed by atoms with van der Waals surface area (Å²) in [6.07, 6.45) is 0.884. The minimum atomic E-state index is -0.363. The third kappa shape index (κ3) is 1.03. The third-order valence-corrected chi connectivity index (χ3v) is 2.03. The van der Waals surface area contributed by atoms with Gasteiger partial charge in [0.1, 0.15) is 24.6 Å². The Morgan fingerprint density at radius 3 is 2.91 bits per heavy atom. The summed E-state index contributed by atoms with van der Waals surface area (Å²) in [4.78, 5) is 20.9. The average Bonchev–Trinajstić information content (AvgIpc) is 2.43. The molecule has 0 bridgehead atoms. The van der Waals surface area contributed by atoms with Gasteiger partial charge in [-0.15, -0.1) is 0 Å². The van der Waals surface area contributed by atoms with Gasteiger partial charge in [-0.05, 0) is 0 Å². The first-order valence-corrected chi connectivity index (χ1v) is 3.60. The quantitative estimate of drug-likeness (QED) is 0.385. The van der Waals surface area contributed by atoms with Gasteiger partial charge in [-0.1, -0.05) is 0 Å². The van der Waals surface area contributed by atoms with Crippen LogP contribution in [0.1, 0.15) is 12.8 Å². The Hall–Kier alpha value is -0.900. The Kier molecular flexibility index (Phi) is 1.42. The summed E-state index contributed by atoms with van der Waals surface area (Å²) in [6.45, 7) is 0. The van der Waals surface area contributed by atoms with Crippen LogP contribution in [0.15, 0.2) is 0 Å². The summed E-state index contributed by atoms with van der Waals surface area (Å²) >= 11 is 0. The minimum absolute atomic E-state index is 0.169. The number of carbonyl (C=O) groups is 2. The zero-order chi connectivity index (χ0) is 7.84. The lowest BCUT2D eigenvalue weighted by molar-refractivity contribution is -0.141. The van der Waals surface area contributed by atoms with Crippen LogP contribution < -0.4 is 0 Å². The maximum Gasteiger partial charge on any atom is 0.308 e. The predicted octanol–water partition coefficient (Wildman–Crippen LogP) is -0.342. The van der Waals surface area contributed by atoms with Crippen LogP contribution in [0.5, 0.6) is 0 Å². The largest absolute Gasteiger partial charge is 0.459 e. The van der Waals surface area contributed by atoms with Crippen molar-refractivity contribution in [2.45, 2.75) is 31.2 Å². The van der Waals surface area contributed by atoms with Crippen LogP contribution in [0.4, 0.5) is 0 Å². The summed E-state index contributed by atoms with van der Waals surface area (Å²) in [7, 11) is 0. The second-order valence-electron chi connectivity index (χ2n) is 2.82. The van der Waals surface area contributed by atoms with Crippen LogP contribution in [-0.4, -0.2) is 30.6 Å². The molecular weight excluding hydrogens is 148 g/mol. The fourth-order valence-electron chi connectivity index (χ4n) is 1.52. The summed E-state index contributed by atoms with van der Waals surface area (Å²) in [5.74, 6) is -0.218. The van der Waals surface area contributed by atoms with E-state index >= 15 is 0 Å².